The van der Waals surface area contributed by atoms with Crippen LogP contribution in [0.4, 0.5) is 0 Å². The summed E-state index contributed by atoms with van der Waals surface area (Å²) in [6, 6.07) is 8.06. The number of amides is 1. The van der Waals surface area contributed by atoms with Crippen molar-refractivity contribution < 1.29 is 4.79 Å². The highest BCUT2D eigenvalue weighted by atomic mass is 35.5. The van der Waals surface area contributed by atoms with E-state index in [4.69, 9.17) is 11.6 Å². The van der Waals surface area contributed by atoms with Crippen molar-refractivity contribution >= 4 is 42.3 Å². The molecule has 3 rings (SSSR count). The molecule has 1 unspecified atom stereocenters. The first-order valence-corrected chi connectivity index (χ1v) is 8.97. The molecule has 0 aromatic heterocycles. The van der Waals surface area contributed by atoms with Gasteiger partial charge in [-0.1, -0.05) is 30.7 Å². The number of hydrogen-bond donors (Lipinski definition) is 1. The van der Waals surface area contributed by atoms with Crippen molar-refractivity contribution in [3.63, 3.8) is 0 Å². The Balaban J connectivity index is 0.00000156. The molecule has 2 aliphatic heterocycles. The molecule has 4 nitrogen and oxygen atoms in total. The molecule has 0 bridgehead atoms. The predicted octanol–water partition coefficient (Wildman–Crippen LogP) is 3.07. The summed E-state index contributed by atoms with van der Waals surface area (Å²) in [6.07, 6.45) is 1.05. The lowest BCUT2D eigenvalue weighted by molar-refractivity contribution is -0.137. The average molecular weight is 409 g/mol. The van der Waals surface area contributed by atoms with Crippen LogP contribution in [-0.2, 0) is 11.3 Å². The lowest BCUT2D eigenvalue weighted by atomic mass is 9.88. The molecule has 2 aliphatic rings. The highest BCUT2D eigenvalue weighted by Gasteiger charge is 2.32. The maximum atomic E-state index is 12.7. The lowest BCUT2D eigenvalue weighted by Gasteiger charge is -2.34. The molecular formula is C18H28Cl3N3O. The Bertz CT molecular complexity index is 537. The standard InChI is InChI=1S/C18H26ClN3O.2ClH/c1-14(16-11-20-12-16)18(23)22-8-2-7-21(9-10-22)13-15-3-5-17(19)6-4-15;;/h3-6,14,16,20H,2,7-13H2,1H3;2*1H. The van der Waals surface area contributed by atoms with Crippen LogP contribution in [0.15, 0.2) is 24.3 Å². The zero-order chi connectivity index (χ0) is 16.2. The van der Waals surface area contributed by atoms with E-state index in [-0.39, 0.29) is 30.7 Å². The van der Waals surface area contributed by atoms with Gasteiger partial charge in [-0.05, 0) is 43.1 Å². The molecule has 2 fully saturated rings. The first kappa shape index (κ1) is 22.5. The van der Waals surface area contributed by atoms with Gasteiger partial charge in [0.05, 0.1) is 0 Å². The molecule has 1 aromatic carbocycles. The third-order valence-corrected chi connectivity index (χ3v) is 5.38. The van der Waals surface area contributed by atoms with Crippen molar-refractivity contribution in [3.8, 4) is 0 Å². The monoisotopic (exact) mass is 407 g/mol. The third-order valence-electron chi connectivity index (χ3n) is 5.13. The molecule has 1 N–H and O–H groups in total. The van der Waals surface area contributed by atoms with Crippen molar-refractivity contribution in [1.29, 1.82) is 0 Å². The van der Waals surface area contributed by atoms with Gasteiger partial charge in [0, 0.05) is 43.7 Å². The Morgan fingerprint density at radius 3 is 2.44 bits per heavy atom. The summed E-state index contributed by atoms with van der Waals surface area (Å²) in [6.45, 7) is 8.73. The number of halogens is 3. The number of nitrogens with one attached hydrogen (secondary N) is 1. The van der Waals surface area contributed by atoms with Gasteiger partial charge in [0.2, 0.25) is 5.91 Å². The van der Waals surface area contributed by atoms with Gasteiger partial charge in [0.1, 0.15) is 0 Å². The normalized spacial score (nSPS) is 19.8. The summed E-state index contributed by atoms with van der Waals surface area (Å²) in [4.78, 5) is 17.2. The van der Waals surface area contributed by atoms with Crippen molar-refractivity contribution in [1.82, 2.24) is 15.1 Å². The van der Waals surface area contributed by atoms with Gasteiger partial charge in [-0.25, -0.2) is 0 Å². The van der Waals surface area contributed by atoms with E-state index in [9.17, 15) is 4.79 Å². The van der Waals surface area contributed by atoms with Crippen LogP contribution in [0.3, 0.4) is 0 Å². The van der Waals surface area contributed by atoms with Gasteiger partial charge in [-0.15, -0.1) is 24.8 Å². The fourth-order valence-electron chi connectivity index (χ4n) is 3.35. The van der Waals surface area contributed by atoms with Gasteiger partial charge in [-0.3, -0.25) is 9.69 Å². The van der Waals surface area contributed by atoms with E-state index in [1.807, 2.05) is 12.1 Å². The van der Waals surface area contributed by atoms with Gasteiger partial charge in [0.25, 0.3) is 0 Å². The van der Waals surface area contributed by atoms with Crippen LogP contribution in [0, 0.1) is 11.8 Å². The lowest BCUT2D eigenvalue weighted by Crippen LogP contribution is -2.50. The Morgan fingerprint density at radius 2 is 1.84 bits per heavy atom. The van der Waals surface area contributed by atoms with Gasteiger partial charge >= 0.3 is 0 Å². The van der Waals surface area contributed by atoms with Crippen LogP contribution < -0.4 is 5.32 Å². The van der Waals surface area contributed by atoms with E-state index in [1.165, 1.54) is 5.56 Å². The number of carbonyl (C=O) groups excluding carboxylic acids is 1. The summed E-state index contributed by atoms with van der Waals surface area (Å²) in [5, 5.41) is 4.04. The van der Waals surface area contributed by atoms with Crippen LogP contribution in [0.5, 0.6) is 0 Å². The number of hydrogen-bond acceptors (Lipinski definition) is 3. The van der Waals surface area contributed by atoms with Gasteiger partial charge < -0.3 is 10.2 Å². The molecule has 1 atom stereocenters. The summed E-state index contributed by atoms with van der Waals surface area (Å²) in [5.74, 6) is 1.01. The Labute approximate surface area is 168 Å². The maximum absolute atomic E-state index is 12.7. The van der Waals surface area contributed by atoms with Crippen molar-refractivity contribution in [2.24, 2.45) is 11.8 Å². The largest absolute Gasteiger partial charge is 0.341 e. The second-order valence-corrected chi connectivity index (χ2v) is 7.22. The fourth-order valence-corrected chi connectivity index (χ4v) is 3.48. The highest BCUT2D eigenvalue weighted by Crippen LogP contribution is 2.20. The molecule has 0 spiro atoms. The average Bonchev–Trinajstić information content (AvgIpc) is 2.73. The topological polar surface area (TPSA) is 35.6 Å². The van der Waals surface area contributed by atoms with Gasteiger partial charge in [0.15, 0.2) is 0 Å². The van der Waals surface area contributed by atoms with E-state index >= 15 is 0 Å². The molecule has 2 saturated heterocycles. The second kappa shape index (κ2) is 10.6. The summed E-state index contributed by atoms with van der Waals surface area (Å²) in [5.41, 5.74) is 1.28. The molecule has 1 aromatic rings. The van der Waals surface area contributed by atoms with Crippen molar-refractivity contribution in [2.45, 2.75) is 19.9 Å². The van der Waals surface area contributed by atoms with Crippen LogP contribution in [0.2, 0.25) is 5.02 Å². The predicted molar refractivity (Wildman–Crippen MR) is 108 cm³/mol. The zero-order valence-corrected chi connectivity index (χ0v) is 17.0. The SMILES string of the molecule is CC(C(=O)N1CCCN(Cc2ccc(Cl)cc2)CC1)C1CNC1.Cl.Cl. The smallest absolute Gasteiger partial charge is 0.225 e. The third kappa shape index (κ3) is 6.00. The molecular weight excluding hydrogens is 381 g/mol. The van der Waals surface area contributed by atoms with Crippen molar-refractivity contribution in [2.75, 3.05) is 39.3 Å². The number of benzene rings is 1. The van der Waals surface area contributed by atoms with Crippen LogP contribution in [0.1, 0.15) is 18.9 Å². The second-order valence-electron chi connectivity index (χ2n) is 6.79. The highest BCUT2D eigenvalue weighted by molar-refractivity contribution is 6.30. The molecule has 0 radical (unpaired) electrons. The molecule has 25 heavy (non-hydrogen) atoms. The summed E-state index contributed by atoms with van der Waals surface area (Å²) >= 11 is 5.94. The molecule has 142 valence electrons. The zero-order valence-electron chi connectivity index (χ0n) is 14.6. The molecule has 2 heterocycles. The summed E-state index contributed by atoms with van der Waals surface area (Å²) in [7, 11) is 0. The number of nitrogens with zero attached hydrogens (tertiary/aromatic N) is 2. The Kier molecular flexibility index (Phi) is 9.54. The number of rotatable bonds is 4. The maximum Gasteiger partial charge on any atom is 0.225 e. The van der Waals surface area contributed by atoms with Crippen LogP contribution in [0.25, 0.3) is 0 Å². The molecule has 0 saturated carbocycles. The molecule has 1 amide bonds. The fraction of sp³-hybridized carbons (Fsp3) is 0.611. The Morgan fingerprint density at radius 1 is 1.16 bits per heavy atom. The van der Waals surface area contributed by atoms with Crippen molar-refractivity contribution in [3.05, 3.63) is 34.9 Å². The summed E-state index contributed by atoms with van der Waals surface area (Å²) < 4.78 is 0. The minimum Gasteiger partial charge on any atom is -0.341 e. The Hall–Kier alpha value is -0.520. The first-order valence-electron chi connectivity index (χ1n) is 8.60. The number of carbonyl (C=O) groups is 1. The van der Waals surface area contributed by atoms with Crippen LogP contribution >= 0.6 is 36.4 Å². The minimum atomic E-state index is 0. The molecule has 0 aliphatic carbocycles. The van der Waals surface area contributed by atoms with E-state index < -0.39 is 0 Å². The first-order chi connectivity index (χ1) is 11.1. The van der Waals surface area contributed by atoms with Crippen LogP contribution in [-0.4, -0.2) is 55.0 Å². The van der Waals surface area contributed by atoms with E-state index in [1.54, 1.807) is 0 Å². The minimum absolute atomic E-state index is 0. The van der Waals surface area contributed by atoms with E-state index in [0.29, 0.717) is 11.8 Å². The van der Waals surface area contributed by atoms with E-state index in [0.717, 1.165) is 57.3 Å². The van der Waals surface area contributed by atoms with E-state index in [2.05, 4.69) is 34.2 Å². The molecule has 7 heteroatoms. The quantitative estimate of drug-likeness (QED) is 0.831. The van der Waals surface area contributed by atoms with Gasteiger partial charge in [-0.2, -0.15) is 0 Å².